The van der Waals surface area contributed by atoms with Gasteiger partial charge >= 0.3 is 6.03 Å². The minimum Gasteiger partial charge on any atom is -0.355 e. The van der Waals surface area contributed by atoms with Crippen LogP contribution in [0.2, 0.25) is 0 Å². The van der Waals surface area contributed by atoms with Gasteiger partial charge in [-0.3, -0.25) is 0 Å². The molecule has 0 aliphatic carbocycles. The molecule has 2 amide bonds. The third-order valence-corrected chi connectivity index (χ3v) is 4.03. The predicted molar refractivity (Wildman–Crippen MR) is 94.1 cm³/mol. The summed E-state index contributed by atoms with van der Waals surface area (Å²) in [5.41, 5.74) is 2.74. The van der Waals surface area contributed by atoms with Crippen molar-refractivity contribution in [3.05, 3.63) is 48.2 Å². The smallest absolute Gasteiger partial charge is 0.323 e. The highest BCUT2D eigenvalue weighted by atomic mass is 16.2. The van der Waals surface area contributed by atoms with Crippen molar-refractivity contribution in [2.75, 3.05) is 28.6 Å². The van der Waals surface area contributed by atoms with Crippen molar-refractivity contribution < 1.29 is 4.79 Å². The highest BCUT2D eigenvalue weighted by molar-refractivity contribution is 6.01. The molecule has 1 aliphatic rings. The molecule has 0 spiro atoms. The Kier molecular flexibility index (Phi) is 4.76. The Labute approximate surface area is 136 Å². The predicted octanol–water partition coefficient (Wildman–Crippen LogP) is 3.89. The fourth-order valence-corrected chi connectivity index (χ4v) is 2.83. The third-order valence-electron chi connectivity index (χ3n) is 4.03. The largest absolute Gasteiger partial charge is 0.355 e. The summed E-state index contributed by atoms with van der Waals surface area (Å²) in [5.74, 6) is 0.849. The summed E-state index contributed by atoms with van der Waals surface area (Å²) in [4.78, 5) is 18.9. The van der Waals surface area contributed by atoms with Crippen LogP contribution in [-0.4, -0.2) is 24.1 Å². The fourth-order valence-electron chi connectivity index (χ4n) is 2.83. The van der Waals surface area contributed by atoms with Gasteiger partial charge in [0.25, 0.3) is 0 Å². The molecule has 0 atom stereocenters. The lowest BCUT2D eigenvalue weighted by Crippen LogP contribution is -2.24. The molecular formula is C18H22N4O. The minimum absolute atomic E-state index is 0.244. The van der Waals surface area contributed by atoms with E-state index in [0.717, 1.165) is 36.7 Å². The van der Waals surface area contributed by atoms with Gasteiger partial charge in [0.15, 0.2) is 5.82 Å². The van der Waals surface area contributed by atoms with E-state index in [0.29, 0.717) is 0 Å². The van der Waals surface area contributed by atoms with E-state index in [1.54, 1.807) is 6.20 Å². The van der Waals surface area contributed by atoms with Crippen molar-refractivity contribution in [1.82, 2.24) is 4.98 Å². The number of aromatic nitrogens is 1. The standard InChI is InChI=1S/C18H22N4O/c1-2-14-7-5-8-15(13-14)20-18(23)21-16-9-6-10-19-17(16)22-11-3-4-12-22/h5-10,13H,2-4,11-12H2,1H3,(H2,20,21,23). The highest BCUT2D eigenvalue weighted by Gasteiger charge is 2.17. The van der Waals surface area contributed by atoms with Gasteiger partial charge in [0.1, 0.15) is 0 Å². The second kappa shape index (κ2) is 7.13. The van der Waals surface area contributed by atoms with Gasteiger partial charge in [-0.15, -0.1) is 0 Å². The quantitative estimate of drug-likeness (QED) is 0.901. The number of carbonyl (C=O) groups excluding carboxylic acids is 1. The number of anilines is 3. The molecule has 2 heterocycles. The molecule has 5 heteroatoms. The van der Waals surface area contributed by atoms with Gasteiger partial charge < -0.3 is 15.5 Å². The van der Waals surface area contributed by atoms with Gasteiger partial charge in [-0.25, -0.2) is 9.78 Å². The zero-order valence-electron chi connectivity index (χ0n) is 13.4. The van der Waals surface area contributed by atoms with Crippen LogP contribution in [0, 0.1) is 0 Å². The van der Waals surface area contributed by atoms with E-state index >= 15 is 0 Å². The molecule has 1 aromatic heterocycles. The van der Waals surface area contributed by atoms with Crippen molar-refractivity contribution in [2.24, 2.45) is 0 Å². The number of hydrogen-bond donors (Lipinski definition) is 2. The number of nitrogens with one attached hydrogen (secondary N) is 2. The van der Waals surface area contributed by atoms with E-state index in [-0.39, 0.29) is 6.03 Å². The first kappa shape index (κ1) is 15.3. The number of hydrogen-bond acceptors (Lipinski definition) is 3. The zero-order valence-corrected chi connectivity index (χ0v) is 13.4. The van der Waals surface area contributed by atoms with E-state index in [4.69, 9.17) is 0 Å². The van der Waals surface area contributed by atoms with E-state index in [9.17, 15) is 4.79 Å². The van der Waals surface area contributed by atoms with Crippen LogP contribution in [0.25, 0.3) is 0 Å². The molecular weight excluding hydrogens is 288 g/mol. The fraction of sp³-hybridized carbons (Fsp3) is 0.333. The minimum atomic E-state index is -0.244. The highest BCUT2D eigenvalue weighted by Crippen LogP contribution is 2.26. The Bertz CT molecular complexity index is 680. The van der Waals surface area contributed by atoms with Crippen LogP contribution in [-0.2, 0) is 6.42 Å². The van der Waals surface area contributed by atoms with Crippen molar-refractivity contribution in [3.8, 4) is 0 Å². The maximum atomic E-state index is 12.3. The van der Waals surface area contributed by atoms with Gasteiger partial charge in [0, 0.05) is 25.0 Å². The number of urea groups is 1. The number of benzene rings is 1. The van der Waals surface area contributed by atoms with Crippen molar-refractivity contribution in [3.63, 3.8) is 0 Å². The van der Waals surface area contributed by atoms with E-state index < -0.39 is 0 Å². The van der Waals surface area contributed by atoms with Crippen molar-refractivity contribution in [1.29, 1.82) is 0 Å². The molecule has 0 radical (unpaired) electrons. The molecule has 1 saturated heterocycles. The van der Waals surface area contributed by atoms with Crippen LogP contribution in [0.1, 0.15) is 25.3 Å². The van der Waals surface area contributed by atoms with Gasteiger partial charge in [0.2, 0.25) is 0 Å². The summed E-state index contributed by atoms with van der Waals surface area (Å²) in [6, 6.07) is 11.4. The molecule has 23 heavy (non-hydrogen) atoms. The van der Waals surface area contributed by atoms with E-state index in [1.165, 1.54) is 18.4 Å². The summed E-state index contributed by atoms with van der Waals surface area (Å²) < 4.78 is 0. The lowest BCUT2D eigenvalue weighted by atomic mass is 10.1. The Morgan fingerprint density at radius 1 is 1.17 bits per heavy atom. The lowest BCUT2D eigenvalue weighted by molar-refractivity contribution is 0.262. The number of pyridine rings is 1. The molecule has 1 aromatic carbocycles. The molecule has 2 N–H and O–H groups in total. The van der Waals surface area contributed by atoms with Crippen molar-refractivity contribution >= 4 is 23.2 Å². The van der Waals surface area contributed by atoms with E-state index in [2.05, 4.69) is 33.5 Å². The summed E-state index contributed by atoms with van der Waals surface area (Å²) >= 11 is 0. The molecule has 0 unspecified atom stereocenters. The van der Waals surface area contributed by atoms with Crippen LogP contribution in [0.3, 0.4) is 0 Å². The Morgan fingerprint density at radius 3 is 2.78 bits per heavy atom. The summed E-state index contributed by atoms with van der Waals surface area (Å²) in [5, 5.41) is 5.81. The Balaban J connectivity index is 1.70. The molecule has 5 nitrogen and oxygen atoms in total. The monoisotopic (exact) mass is 310 g/mol. The molecule has 2 aromatic rings. The first-order valence-electron chi connectivity index (χ1n) is 8.13. The van der Waals surface area contributed by atoms with Crippen LogP contribution in [0.4, 0.5) is 22.0 Å². The van der Waals surface area contributed by atoms with Crippen molar-refractivity contribution in [2.45, 2.75) is 26.2 Å². The number of amides is 2. The van der Waals surface area contributed by atoms with Gasteiger partial charge in [-0.05, 0) is 49.1 Å². The topological polar surface area (TPSA) is 57.3 Å². The first-order valence-corrected chi connectivity index (χ1v) is 8.13. The van der Waals surface area contributed by atoms with Crippen LogP contribution < -0.4 is 15.5 Å². The molecule has 0 saturated carbocycles. The Morgan fingerprint density at radius 2 is 2.00 bits per heavy atom. The number of carbonyl (C=O) groups is 1. The number of aryl methyl sites for hydroxylation is 1. The molecule has 0 bridgehead atoms. The normalized spacial score (nSPS) is 13.9. The number of rotatable bonds is 4. The summed E-state index contributed by atoms with van der Waals surface area (Å²) in [7, 11) is 0. The average molecular weight is 310 g/mol. The second-order valence-electron chi connectivity index (χ2n) is 5.70. The average Bonchev–Trinajstić information content (AvgIpc) is 3.10. The lowest BCUT2D eigenvalue weighted by Gasteiger charge is -2.20. The van der Waals surface area contributed by atoms with Crippen LogP contribution >= 0.6 is 0 Å². The second-order valence-corrected chi connectivity index (χ2v) is 5.70. The third kappa shape index (κ3) is 3.80. The zero-order chi connectivity index (χ0) is 16.1. The van der Waals surface area contributed by atoms with Gasteiger partial charge in [0.05, 0.1) is 5.69 Å². The van der Waals surface area contributed by atoms with Crippen LogP contribution in [0.15, 0.2) is 42.6 Å². The van der Waals surface area contributed by atoms with E-state index in [1.807, 2.05) is 30.3 Å². The Hall–Kier alpha value is -2.56. The SMILES string of the molecule is CCc1cccc(NC(=O)Nc2cccnc2N2CCCC2)c1. The maximum Gasteiger partial charge on any atom is 0.323 e. The summed E-state index contributed by atoms with van der Waals surface area (Å²) in [6.07, 6.45) is 5.05. The summed E-state index contributed by atoms with van der Waals surface area (Å²) in [6.45, 7) is 4.08. The molecule has 1 aliphatic heterocycles. The van der Waals surface area contributed by atoms with Crippen LogP contribution in [0.5, 0.6) is 0 Å². The molecule has 3 rings (SSSR count). The van der Waals surface area contributed by atoms with Gasteiger partial charge in [-0.1, -0.05) is 19.1 Å². The maximum absolute atomic E-state index is 12.3. The first-order chi connectivity index (χ1) is 11.3. The molecule has 120 valence electrons. The molecule has 1 fully saturated rings. The van der Waals surface area contributed by atoms with Gasteiger partial charge in [-0.2, -0.15) is 0 Å². The number of nitrogens with zero attached hydrogens (tertiary/aromatic N) is 2.